The number of thiocarbonyl (C=S) groups is 1. The van der Waals surface area contributed by atoms with Crippen molar-refractivity contribution in [3.05, 3.63) is 34.8 Å². The van der Waals surface area contributed by atoms with E-state index >= 15 is 0 Å². The maximum atomic E-state index is 12.4. The summed E-state index contributed by atoms with van der Waals surface area (Å²) in [5, 5.41) is 8.06. The van der Waals surface area contributed by atoms with Crippen LogP contribution in [0, 0.1) is 0 Å². The van der Waals surface area contributed by atoms with Crippen LogP contribution in [0.25, 0.3) is 0 Å². The lowest BCUT2D eigenvalue weighted by atomic mass is 10.2. The lowest BCUT2D eigenvalue weighted by Gasteiger charge is -2.09. The Morgan fingerprint density at radius 1 is 1.30 bits per heavy atom. The van der Waals surface area contributed by atoms with Gasteiger partial charge in [0, 0.05) is 0 Å². The van der Waals surface area contributed by atoms with Crippen LogP contribution in [0.15, 0.2) is 24.3 Å². The van der Waals surface area contributed by atoms with Gasteiger partial charge in [-0.05, 0) is 12.1 Å². The number of halogens is 3. The zero-order chi connectivity index (χ0) is 14.8. The zero-order valence-corrected chi connectivity index (χ0v) is 11.7. The average Bonchev–Trinajstić information content (AvgIpc) is 2.87. The molecule has 0 unspecified atom stereocenters. The number of hydrogen-bond acceptors (Lipinski definition) is 5. The molecule has 0 fully saturated rings. The molecule has 4 nitrogen and oxygen atoms in total. The first kappa shape index (κ1) is 14.7. The van der Waals surface area contributed by atoms with Crippen molar-refractivity contribution in [2.45, 2.75) is 6.18 Å². The molecule has 0 aliphatic heterocycles. The number of nitrogens with zero attached hydrogens (tertiary/aromatic N) is 2. The van der Waals surface area contributed by atoms with Crippen molar-refractivity contribution in [3.8, 4) is 5.75 Å². The van der Waals surface area contributed by atoms with Gasteiger partial charge < -0.3 is 10.1 Å². The van der Waals surface area contributed by atoms with E-state index in [1.165, 1.54) is 7.11 Å². The lowest BCUT2D eigenvalue weighted by molar-refractivity contribution is -0.138. The largest absolute Gasteiger partial charge is 0.496 e. The number of para-hydroxylation sites is 1. The standard InChI is InChI=1S/C11H8F3N3OS2/c1-18-7-5-3-2-4-6(7)8(19)15-10-17-16-9(20-10)11(12,13)14/h2-5H,1H3,(H,15,17,19). The number of alkyl halides is 3. The monoisotopic (exact) mass is 319 g/mol. The zero-order valence-electron chi connectivity index (χ0n) is 10.1. The van der Waals surface area contributed by atoms with Crippen LogP contribution < -0.4 is 10.1 Å². The Balaban J connectivity index is 2.18. The molecule has 0 aliphatic rings. The number of benzene rings is 1. The number of nitrogens with one attached hydrogen (secondary N) is 1. The van der Waals surface area contributed by atoms with E-state index in [-0.39, 0.29) is 10.1 Å². The molecule has 1 heterocycles. The third kappa shape index (κ3) is 3.23. The fraction of sp³-hybridized carbons (Fsp3) is 0.182. The minimum Gasteiger partial charge on any atom is -0.496 e. The molecule has 0 spiro atoms. The van der Waals surface area contributed by atoms with Gasteiger partial charge in [-0.1, -0.05) is 35.7 Å². The molecule has 106 valence electrons. The van der Waals surface area contributed by atoms with E-state index in [4.69, 9.17) is 17.0 Å². The highest BCUT2D eigenvalue weighted by Gasteiger charge is 2.35. The number of anilines is 1. The second-order valence-electron chi connectivity index (χ2n) is 3.56. The molecule has 2 rings (SSSR count). The molecule has 2 aromatic rings. The van der Waals surface area contributed by atoms with Gasteiger partial charge in [0.2, 0.25) is 10.1 Å². The Hall–Kier alpha value is -1.74. The number of ether oxygens (including phenoxy) is 1. The van der Waals surface area contributed by atoms with E-state index in [1.54, 1.807) is 24.3 Å². The van der Waals surface area contributed by atoms with E-state index in [9.17, 15) is 13.2 Å². The Kier molecular flexibility index (Phi) is 4.19. The van der Waals surface area contributed by atoms with Gasteiger partial charge >= 0.3 is 6.18 Å². The van der Waals surface area contributed by atoms with Crippen LogP contribution in [-0.2, 0) is 6.18 Å². The van der Waals surface area contributed by atoms with Crippen molar-refractivity contribution < 1.29 is 17.9 Å². The van der Waals surface area contributed by atoms with Crippen LogP contribution in [0.4, 0.5) is 18.3 Å². The second-order valence-corrected chi connectivity index (χ2v) is 4.95. The van der Waals surface area contributed by atoms with Gasteiger partial charge in [-0.15, -0.1) is 10.2 Å². The minimum absolute atomic E-state index is 0.0202. The van der Waals surface area contributed by atoms with E-state index in [2.05, 4.69) is 15.5 Å². The highest BCUT2D eigenvalue weighted by molar-refractivity contribution is 7.81. The molecule has 1 aromatic carbocycles. The Labute approximate surface area is 121 Å². The molecule has 0 amide bonds. The number of hydrogen-bond donors (Lipinski definition) is 1. The van der Waals surface area contributed by atoms with Crippen molar-refractivity contribution in [2.75, 3.05) is 12.4 Å². The summed E-state index contributed by atoms with van der Waals surface area (Å²) in [4.78, 5) is 0.215. The van der Waals surface area contributed by atoms with Crippen LogP contribution in [-0.4, -0.2) is 22.3 Å². The van der Waals surface area contributed by atoms with Gasteiger partial charge in [0.1, 0.15) is 10.7 Å². The van der Waals surface area contributed by atoms with Crippen LogP contribution in [0.1, 0.15) is 10.6 Å². The molecule has 0 saturated heterocycles. The van der Waals surface area contributed by atoms with Gasteiger partial charge in [0.05, 0.1) is 12.7 Å². The number of aromatic nitrogens is 2. The Morgan fingerprint density at radius 3 is 2.60 bits per heavy atom. The second kappa shape index (κ2) is 5.71. The summed E-state index contributed by atoms with van der Waals surface area (Å²) >= 11 is 5.52. The van der Waals surface area contributed by atoms with E-state index in [0.717, 1.165) is 0 Å². The summed E-state index contributed by atoms with van der Waals surface area (Å²) in [5.41, 5.74) is 0.564. The fourth-order valence-corrected chi connectivity index (χ4v) is 2.33. The summed E-state index contributed by atoms with van der Waals surface area (Å²) in [5.74, 6) is 0.519. The summed E-state index contributed by atoms with van der Waals surface area (Å²) in [6.45, 7) is 0. The average molecular weight is 319 g/mol. The lowest BCUT2D eigenvalue weighted by Crippen LogP contribution is -2.11. The van der Waals surface area contributed by atoms with E-state index < -0.39 is 11.2 Å². The van der Waals surface area contributed by atoms with Crippen molar-refractivity contribution in [1.29, 1.82) is 0 Å². The highest BCUT2D eigenvalue weighted by Crippen LogP contribution is 2.33. The molecular weight excluding hydrogens is 311 g/mol. The van der Waals surface area contributed by atoms with Crippen molar-refractivity contribution in [3.63, 3.8) is 0 Å². The van der Waals surface area contributed by atoms with Crippen LogP contribution in [0.2, 0.25) is 0 Å². The third-order valence-corrected chi connectivity index (χ3v) is 3.45. The predicted molar refractivity (Wildman–Crippen MR) is 73.2 cm³/mol. The minimum atomic E-state index is -4.51. The molecule has 0 saturated carbocycles. The fourth-order valence-electron chi connectivity index (χ4n) is 1.38. The summed E-state index contributed by atoms with van der Waals surface area (Å²) in [6.07, 6.45) is -4.51. The smallest absolute Gasteiger partial charge is 0.445 e. The third-order valence-electron chi connectivity index (χ3n) is 2.24. The van der Waals surface area contributed by atoms with Crippen molar-refractivity contribution in [2.24, 2.45) is 0 Å². The molecule has 1 aromatic heterocycles. The van der Waals surface area contributed by atoms with E-state index in [1.807, 2.05) is 0 Å². The van der Waals surface area contributed by atoms with Crippen LogP contribution in [0.5, 0.6) is 5.75 Å². The van der Waals surface area contributed by atoms with Gasteiger partial charge in [0.15, 0.2) is 0 Å². The summed E-state index contributed by atoms with van der Waals surface area (Å²) in [7, 11) is 1.48. The predicted octanol–water partition coefficient (Wildman–Crippen LogP) is 3.35. The van der Waals surface area contributed by atoms with Crippen molar-refractivity contribution >= 4 is 33.7 Å². The van der Waals surface area contributed by atoms with Gasteiger partial charge in [-0.25, -0.2) is 0 Å². The van der Waals surface area contributed by atoms with E-state index in [0.29, 0.717) is 22.6 Å². The molecule has 0 atom stereocenters. The topological polar surface area (TPSA) is 47.0 Å². The summed E-state index contributed by atoms with van der Waals surface area (Å²) < 4.78 is 42.3. The number of methoxy groups -OCH3 is 1. The van der Waals surface area contributed by atoms with Gasteiger partial charge in [-0.3, -0.25) is 0 Å². The maximum Gasteiger partial charge on any atom is 0.445 e. The molecule has 0 radical (unpaired) electrons. The number of rotatable bonds is 3. The SMILES string of the molecule is COc1ccccc1C(=S)Nc1nnc(C(F)(F)F)s1. The van der Waals surface area contributed by atoms with Crippen LogP contribution in [0.3, 0.4) is 0 Å². The highest BCUT2D eigenvalue weighted by atomic mass is 32.1. The first-order valence-electron chi connectivity index (χ1n) is 5.27. The molecular formula is C11H8F3N3OS2. The molecule has 0 aliphatic carbocycles. The molecule has 0 bridgehead atoms. The summed E-state index contributed by atoms with van der Waals surface area (Å²) in [6, 6.07) is 6.90. The molecule has 20 heavy (non-hydrogen) atoms. The Morgan fingerprint density at radius 2 is 2.00 bits per heavy atom. The van der Waals surface area contributed by atoms with Gasteiger partial charge in [-0.2, -0.15) is 13.2 Å². The quantitative estimate of drug-likeness (QED) is 0.879. The van der Waals surface area contributed by atoms with Crippen molar-refractivity contribution in [1.82, 2.24) is 10.2 Å². The van der Waals surface area contributed by atoms with Crippen LogP contribution >= 0.6 is 23.6 Å². The molecule has 1 N–H and O–H groups in total. The first-order chi connectivity index (χ1) is 9.41. The maximum absolute atomic E-state index is 12.4. The van der Waals surface area contributed by atoms with Gasteiger partial charge in [0.25, 0.3) is 0 Å². The Bertz CT molecular complexity index is 627. The molecule has 9 heteroatoms. The normalized spacial score (nSPS) is 11.2. The first-order valence-corrected chi connectivity index (χ1v) is 6.49.